The Bertz CT molecular complexity index is 582. The van der Waals surface area contributed by atoms with Crippen LogP contribution in [0.5, 0.6) is 0 Å². The van der Waals surface area contributed by atoms with Crippen LogP contribution in [0.15, 0.2) is 30.3 Å². The van der Waals surface area contributed by atoms with Crippen LogP contribution < -0.4 is 10.6 Å². The smallest absolute Gasteiger partial charge is 0.248 e. The predicted octanol–water partition coefficient (Wildman–Crippen LogP) is 2.40. The van der Waals surface area contributed by atoms with E-state index in [2.05, 4.69) is 10.6 Å². The van der Waals surface area contributed by atoms with Crippen molar-refractivity contribution in [3.05, 3.63) is 30.3 Å². The average molecular weight is 329 g/mol. The molecule has 1 saturated heterocycles. The highest BCUT2D eigenvalue weighted by Crippen LogP contribution is 2.36. The molecule has 2 amide bonds. The number of para-hydroxylation sites is 1. The van der Waals surface area contributed by atoms with Gasteiger partial charge in [-0.2, -0.15) is 0 Å². The molecular formula is C19H27N3O2. The maximum Gasteiger partial charge on any atom is 0.248 e. The number of hydrogen-bond acceptors (Lipinski definition) is 3. The molecule has 1 aromatic carbocycles. The lowest BCUT2D eigenvalue weighted by Gasteiger charge is -2.34. The molecule has 5 heteroatoms. The Morgan fingerprint density at radius 3 is 2.58 bits per heavy atom. The highest BCUT2D eigenvalue weighted by molar-refractivity contribution is 5.91. The SMILES string of the molecule is CCNC(=O)C1CCN(C(=O)C2(Nc3ccccc3)CCCC2)C1. The Kier molecular flexibility index (Phi) is 5.07. The zero-order valence-electron chi connectivity index (χ0n) is 14.4. The molecule has 1 aliphatic heterocycles. The summed E-state index contributed by atoms with van der Waals surface area (Å²) >= 11 is 0. The molecule has 24 heavy (non-hydrogen) atoms. The number of benzene rings is 1. The highest BCUT2D eigenvalue weighted by Gasteiger charge is 2.45. The molecule has 1 aromatic rings. The minimum Gasteiger partial charge on any atom is -0.371 e. The topological polar surface area (TPSA) is 61.4 Å². The minimum absolute atomic E-state index is 0.0657. The third-order valence-electron chi connectivity index (χ3n) is 5.22. The molecule has 1 unspecified atom stereocenters. The van der Waals surface area contributed by atoms with Crippen molar-refractivity contribution in [1.29, 1.82) is 0 Å². The van der Waals surface area contributed by atoms with E-state index >= 15 is 0 Å². The number of hydrogen-bond donors (Lipinski definition) is 2. The molecule has 0 bridgehead atoms. The van der Waals surface area contributed by atoms with Gasteiger partial charge in [0.05, 0.1) is 5.92 Å². The molecule has 3 rings (SSSR count). The zero-order valence-corrected chi connectivity index (χ0v) is 14.4. The lowest BCUT2D eigenvalue weighted by atomic mass is 9.94. The van der Waals surface area contributed by atoms with Crippen LogP contribution in [0.25, 0.3) is 0 Å². The van der Waals surface area contributed by atoms with Crippen molar-refractivity contribution < 1.29 is 9.59 Å². The van der Waals surface area contributed by atoms with Crippen molar-refractivity contribution in [2.75, 3.05) is 25.0 Å². The molecule has 5 nitrogen and oxygen atoms in total. The van der Waals surface area contributed by atoms with E-state index in [0.717, 1.165) is 37.8 Å². The maximum atomic E-state index is 13.2. The van der Waals surface area contributed by atoms with Crippen LogP contribution in [0, 0.1) is 5.92 Å². The van der Waals surface area contributed by atoms with Crippen LogP contribution in [0.3, 0.4) is 0 Å². The normalized spacial score (nSPS) is 22.4. The zero-order chi connectivity index (χ0) is 17.0. The Labute approximate surface area is 143 Å². The molecular weight excluding hydrogens is 302 g/mol. The lowest BCUT2D eigenvalue weighted by Crippen LogP contribution is -2.52. The van der Waals surface area contributed by atoms with E-state index in [9.17, 15) is 9.59 Å². The van der Waals surface area contributed by atoms with Crippen molar-refractivity contribution >= 4 is 17.5 Å². The molecule has 2 N–H and O–H groups in total. The number of amides is 2. The first kappa shape index (κ1) is 16.8. The lowest BCUT2D eigenvalue weighted by molar-refractivity contribution is -0.135. The van der Waals surface area contributed by atoms with Crippen LogP contribution in [-0.4, -0.2) is 41.9 Å². The van der Waals surface area contributed by atoms with E-state index in [1.54, 1.807) is 0 Å². The Morgan fingerprint density at radius 1 is 1.21 bits per heavy atom. The number of rotatable bonds is 5. The van der Waals surface area contributed by atoms with Crippen molar-refractivity contribution in [3.63, 3.8) is 0 Å². The summed E-state index contributed by atoms with van der Waals surface area (Å²) in [4.78, 5) is 27.2. The van der Waals surface area contributed by atoms with E-state index in [1.807, 2.05) is 42.2 Å². The number of carbonyl (C=O) groups excluding carboxylic acids is 2. The molecule has 0 aromatic heterocycles. The first-order valence-corrected chi connectivity index (χ1v) is 9.05. The Morgan fingerprint density at radius 2 is 1.92 bits per heavy atom. The number of anilines is 1. The van der Waals surface area contributed by atoms with Gasteiger partial charge in [-0.1, -0.05) is 31.0 Å². The van der Waals surface area contributed by atoms with Gasteiger partial charge in [-0.15, -0.1) is 0 Å². The summed E-state index contributed by atoms with van der Waals surface area (Å²) in [6.45, 7) is 3.79. The molecule has 130 valence electrons. The second kappa shape index (κ2) is 7.24. The first-order valence-electron chi connectivity index (χ1n) is 9.05. The molecule has 1 saturated carbocycles. The van der Waals surface area contributed by atoms with Gasteiger partial charge in [-0.3, -0.25) is 9.59 Å². The summed E-state index contributed by atoms with van der Waals surface area (Å²) in [6, 6.07) is 9.96. The van der Waals surface area contributed by atoms with Gasteiger partial charge in [0.2, 0.25) is 11.8 Å². The van der Waals surface area contributed by atoms with Gasteiger partial charge < -0.3 is 15.5 Å². The van der Waals surface area contributed by atoms with Gasteiger partial charge in [0.25, 0.3) is 0 Å². The number of likely N-dealkylation sites (tertiary alicyclic amines) is 1. The average Bonchev–Trinajstić information content (AvgIpc) is 3.25. The Balaban J connectivity index is 1.70. The third kappa shape index (κ3) is 3.40. The van der Waals surface area contributed by atoms with Crippen LogP contribution in [0.4, 0.5) is 5.69 Å². The summed E-state index contributed by atoms with van der Waals surface area (Å²) in [6.07, 6.45) is 4.63. The largest absolute Gasteiger partial charge is 0.371 e. The van der Waals surface area contributed by atoms with E-state index in [-0.39, 0.29) is 17.7 Å². The standard InChI is InChI=1S/C19H27N3O2/c1-2-20-17(23)15-10-13-22(14-15)18(24)19(11-6-7-12-19)21-16-8-4-3-5-9-16/h3-5,8-9,15,21H,2,6-7,10-14H2,1H3,(H,20,23). The molecule has 1 aliphatic carbocycles. The summed E-state index contributed by atoms with van der Waals surface area (Å²) in [7, 11) is 0. The van der Waals surface area contributed by atoms with E-state index in [4.69, 9.17) is 0 Å². The minimum atomic E-state index is -0.503. The third-order valence-corrected chi connectivity index (χ3v) is 5.22. The quantitative estimate of drug-likeness (QED) is 0.872. The van der Waals surface area contributed by atoms with Gasteiger partial charge >= 0.3 is 0 Å². The van der Waals surface area contributed by atoms with Gasteiger partial charge in [0.15, 0.2) is 0 Å². The predicted molar refractivity (Wildman–Crippen MR) is 94.6 cm³/mol. The van der Waals surface area contributed by atoms with Crippen LogP contribution in [-0.2, 0) is 9.59 Å². The van der Waals surface area contributed by atoms with Gasteiger partial charge in [0, 0.05) is 25.3 Å². The summed E-state index contributed by atoms with van der Waals surface area (Å²) in [5.74, 6) is 0.170. The van der Waals surface area contributed by atoms with E-state index in [0.29, 0.717) is 19.6 Å². The number of nitrogens with zero attached hydrogens (tertiary/aromatic N) is 1. The summed E-state index contributed by atoms with van der Waals surface area (Å²) in [5, 5.41) is 6.38. The fourth-order valence-electron chi connectivity index (χ4n) is 3.95. The fourth-order valence-corrected chi connectivity index (χ4v) is 3.95. The summed E-state index contributed by atoms with van der Waals surface area (Å²) in [5.41, 5.74) is 0.490. The van der Waals surface area contributed by atoms with Crippen LogP contribution in [0.1, 0.15) is 39.0 Å². The number of nitrogens with one attached hydrogen (secondary N) is 2. The fraction of sp³-hybridized carbons (Fsp3) is 0.579. The molecule has 0 radical (unpaired) electrons. The van der Waals surface area contributed by atoms with E-state index < -0.39 is 5.54 Å². The molecule has 2 aliphatic rings. The molecule has 0 spiro atoms. The van der Waals surface area contributed by atoms with Crippen molar-refractivity contribution in [3.8, 4) is 0 Å². The van der Waals surface area contributed by atoms with Gasteiger partial charge in [0.1, 0.15) is 5.54 Å². The van der Waals surface area contributed by atoms with E-state index in [1.165, 1.54) is 0 Å². The van der Waals surface area contributed by atoms with Gasteiger partial charge in [-0.05, 0) is 38.3 Å². The molecule has 2 fully saturated rings. The Hall–Kier alpha value is -2.04. The number of carbonyl (C=O) groups is 2. The van der Waals surface area contributed by atoms with Crippen molar-refractivity contribution in [2.45, 2.75) is 44.6 Å². The highest BCUT2D eigenvalue weighted by atomic mass is 16.2. The second-order valence-electron chi connectivity index (χ2n) is 6.91. The second-order valence-corrected chi connectivity index (χ2v) is 6.91. The van der Waals surface area contributed by atoms with Crippen LogP contribution in [0.2, 0.25) is 0 Å². The van der Waals surface area contributed by atoms with Crippen molar-refractivity contribution in [1.82, 2.24) is 10.2 Å². The maximum absolute atomic E-state index is 13.2. The van der Waals surface area contributed by atoms with Crippen LogP contribution >= 0.6 is 0 Å². The van der Waals surface area contributed by atoms with Crippen molar-refractivity contribution in [2.24, 2.45) is 5.92 Å². The van der Waals surface area contributed by atoms with Gasteiger partial charge in [-0.25, -0.2) is 0 Å². The molecule has 1 atom stereocenters. The molecule has 1 heterocycles. The first-order chi connectivity index (χ1) is 11.6. The summed E-state index contributed by atoms with van der Waals surface area (Å²) < 4.78 is 0. The monoisotopic (exact) mass is 329 g/mol.